The Bertz CT molecular complexity index is 4590. The first-order valence-electron chi connectivity index (χ1n) is 29.7. The van der Waals surface area contributed by atoms with Gasteiger partial charge in [0, 0.05) is 39.3 Å². The van der Waals surface area contributed by atoms with E-state index in [0.29, 0.717) is 82.6 Å². The minimum Gasteiger partial charge on any atom is -0.381 e. The Hall–Kier alpha value is -8.10. The first kappa shape index (κ1) is 74.3. The summed E-state index contributed by atoms with van der Waals surface area (Å²) in [5.74, 6) is -3.41. The van der Waals surface area contributed by atoms with Gasteiger partial charge >= 0.3 is 0 Å². The average molecular weight is 1430 g/mol. The number of imide groups is 6. The maximum Gasteiger partial charge on any atom is 0.268 e. The molecule has 20 nitrogen and oxygen atoms in total. The van der Waals surface area contributed by atoms with Gasteiger partial charge in [0.15, 0.2) is 15.8 Å². The minimum absolute atomic E-state index is 0.000833. The summed E-state index contributed by atoms with van der Waals surface area (Å²) >= 11 is 26.6. The Labute approximate surface area is 582 Å². The van der Waals surface area contributed by atoms with Gasteiger partial charge in [0.05, 0.1) is 76.1 Å². The quantitative estimate of drug-likeness (QED) is 0.0527. The maximum atomic E-state index is 12.0. The van der Waals surface area contributed by atoms with Crippen LogP contribution in [0.15, 0.2) is 146 Å². The molecule has 95 heavy (non-hydrogen) atoms. The van der Waals surface area contributed by atoms with E-state index < -0.39 is 35.4 Å². The van der Waals surface area contributed by atoms with E-state index in [0.717, 1.165) is 40.9 Å². The highest BCUT2D eigenvalue weighted by Crippen LogP contribution is 2.28. The van der Waals surface area contributed by atoms with Gasteiger partial charge in [0.1, 0.15) is 19.8 Å². The third-order valence-electron chi connectivity index (χ3n) is 13.6. The molecule has 6 heterocycles. The lowest BCUT2D eigenvalue weighted by Gasteiger charge is -2.11. The molecule has 0 saturated heterocycles. The number of thiazole rings is 4. The zero-order valence-electron chi connectivity index (χ0n) is 52.3. The highest BCUT2D eigenvalue weighted by Gasteiger charge is 2.40. The van der Waals surface area contributed by atoms with E-state index in [1.165, 1.54) is 57.5 Å². The van der Waals surface area contributed by atoms with Crippen LogP contribution in [0.2, 0.25) is 0 Å². The third-order valence-corrected chi connectivity index (χ3v) is 19.0. The Morgan fingerprint density at radius 1 is 0.326 bits per heavy atom. The van der Waals surface area contributed by atoms with Gasteiger partial charge < -0.3 is 18.9 Å². The van der Waals surface area contributed by atoms with Gasteiger partial charge in [-0.05, 0) is 149 Å². The van der Waals surface area contributed by atoms with Crippen LogP contribution < -0.4 is 0 Å². The number of para-hydroxylation sites is 4. The molecule has 0 bridgehead atoms. The van der Waals surface area contributed by atoms with Crippen LogP contribution in [0.5, 0.6) is 0 Å². The molecule has 0 N–H and O–H groups in total. The van der Waals surface area contributed by atoms with Crippen molar-refractivity contribution in [3.8, 4) is 0 Å². The number of ether oxygens (including phenoxy) is 4. The molecule has 0 aliphatic carbocycles. The fourth-order valence-corrected chi connectivity index (χ4v) is 14.6. The minimum atomic E-state index is -0.627. The second-order valence-electron chi connectivity index (χ2n) is 19.6. The van der Waals surface area contributed by atoms with Crippen LogP contribution >= 0.6 is 94.2 Å². The molecule has 28 heteroatoms. The van der Waals surface area contributed by atoms with E-state index in [2.05, 4.69) is 0 Å². The SMILES string of the molecule is CCC(=O)N1C(=O)c2ccccc2C1=O.CCC(=O)n1c(=S)sc2ccccc21.CCOCC(=O)N1C(=O)c2ccccc2C1=O.CCOCC(=O)n1c(=S)sc2ccccc21.CCOCC(=O)n1c(=S)sc2ccccc21.CCOCCC(=O)n1c(=S)sc2ccccc21. The van der Waals surface area contributed by atoms with E-state index in [9.17, 15) is 47.9 Å². The normalized spacial score (nSPS) is 11.9. The molecule has 0 radical (unpaired) electrons. The van der Waals surface area contributed by atoms with Crippen LogP contribution in [-0.2, 0) is 28.5 Å². The number of fused-ring (bicyclic) bond motifs is 6. The van der Waals surface area contributed by atoms with Gasteiger partial charge in [-0.3, -0.25) is 66.2 Å². The molecular formula is C67H64N6O14S8. The molecule has 2 aliphatic rings. The summed E-state index contributed by atoms with van der Waals surface area (Å²) in [5.41, 5.74) is 4.70. The topological polar surface area (TPSA) is 234 Å². The zero-order chi connectivity index (χ0) is 68.9. The Morgan fingerprint density at radius 3 is 0.874 bits per heavy atom. The zero-order valence-corrected chi connectivity index (χ0v) is 58.8. The first-order valence-corrected chi connectivity index (χ1v) is 34.6. The van der Waals surface area contributed by atoms with Crippen molar-refractivity contribution in [1.29, 1.82) is 0 Å². The van der Waals surface area contributed by atoms with Gasteiger partial charge in [0.2, 0.25) is 17.7 Å². The molecule has 0 atom stereocenters. The number of benzene rings is 6. The maximum absolute atomic E-state index is 12.0. The number of hydrogen-bond acceptors (Lipinski definition) is 22. The number of carbonyl (C=O) groups is 10. The molecule has 0 saturated carbocycles. The monoisotopic (exact) mass is 1430 g/mol. The van der Waals surface area contributed by atoms with Crippen LogP contribution in [0.4, 0.5) is 0 Å². The summed E-state index contributed by atoms with van der Waals surface area (Å²) in [6.07, 6.45) is 0.989. The lowest BCUT2D eigenvalue weighted by molar-refractivity contribution is -0.131. The molecule has 0 fully saturated rings. The smallest absolute Gasteiger partial charge is 0.268 e. The van der Waals surface area contributed by atoms with E-state index in [1.807, 2.05) is 125 Å². The summed E-state index contributed by atoms with van der Waals surface area (Å²) in [5, 5.41) is 0. The number of carbonyl (C=O) groups excluding carboxylic acids is 10. The Balaban J connectivity index is 0.000000161. The first-order chi connectivity index (χ1) is 45.8. The van der Waals surface area contributed by atoms with Gasteiger partial charge in [-0.1, -0.05) is 86.6 Å². The highest BCUT2D eigenvalue weighted by molar-refractivity contribution is 7.74. The van der Waals surface area contributed by atoms with Crippen molar-refractivity contribution in [3.05, 3.63) is 184 Å². The van der Waals surface area contributed by atoms with Gasteiger partial charge in [-0.2, -0.15) is 0 Å². The molecule has 10 aromatic rings. The summed E-state index contributed by atoms with van der Waals surface area (Å²) in [7, 11) is 0. The molecule has 12 rings (SSSR count). The predicted molar refractivity (Wildman–Crippen MR) is 380 cm³/mol. The summed E-state index contributed by atoms with van der Waals surface area (Å²) in [4.78, 5) is 119. The van der Waals surface area contributed by atoms with Gasteiger partial charge in [-0.15, -0.1) is 45.3 Å². The van der Waals surface area contributed by atoms with Crippen molar-refractivity contribution in [1.82, 2.24) is 28.1 Å². The van der Waals surface area contributed by atoms with Crippen LogP contribution in [0.25, 0.3) is 40.9 Å². The van der Waals surface area contributed by atoms with Crippen molar-refractivity contribution in [2.24, 2.45) is 0 Å². The van der Waals surface area contributed by atoms with Gasteiger partial charge in [0.25, 0.3) is 41.4 Å². The molecule has 2 aliphatic heterocycles. The summed E-state index contributed by atoms with van der Waals surface area (Å²) in [6.45, 7) is 13.2. The highest BCUT2D eigenvalue weighted by atomic mass is 32.2. The lowest BCUT2D eigenvalue weighted by Crippen LogP contribution is -2.38. The molecule has 6 aromatic carbocycles. The van der Waals surface area contributed by atoms with Crippen LogP contribution in [0.3, 0.4) is 0 Å². The second kappa shape index (κ2) is 36.1. The van der Waals surface area contributed by atoms with Gasteiger partial charge in [-0.25, -0.2) is 9.80 Å². The van der Waals surface area contributed by atoms with E-state index in [1.54, 1.807) is 68.5 Å². The third kappa shape index (κ3) is 18.1. The summed E-state index contributed by atoms with van der Waals surface area (Å²) in [6, 6.07) is 43.7. The van der Waals surface area contributed by atoms with E-state index >= 15 is 0 Å². The van der Waals surface area contributed by atoms with Crippen molar-refractivity contribution in [3.63, 3.8) is 0 Å². The molecule has 6 amide bonds. The largest absolute Gasteiger partial charge is 0.381 e. The molecule has 0 spiro atoms. The Kier molecular flexibility index (Phi) is 28.3. The fraction of sp³-hybridized carbons (Fsp3) is 0.254. The number of aromatic nitrogens is 4. The molecule has 4 aromatic heterocycles. The molecule has 494 valence electrons. The van der Waals surface area contributed by atoms with E-state index in [4.69, 9.17) is 67.8 Å². The molecule has 0 unspecified atom stereocenters. The number of hydrogen-bond donors (Lipinski definition) is 0. The van der Waals surface area contributed by atoms with Crippen molar-refractivity contribution >= 4 is 194 Å². The van der Waals surface area contributed by atoms with Crippen LogP contribution in [0.1, 0.15) is 121 Å². The number of amides is 6. The van der Waals surface area contributed by atoms with E-state index in [-0.39, 0.29) is 61.0 Å². The van der Waals surface area contributed by atoms with Crippen LogP contribution in [-0.4, -0.2) is 140 Å². The van der Waals surface area contributed by atoms with Crippen molar-refractivity contribution in [2.75, 3.05) is 52.9 Å². The predicted octanol–water partition coefficient (Wildman–Crippen LogP) is 15.3. The van der Waals surface area contributed by atoms with Crippen molar-refractivity contribution in [2.45, 2.75) is 60.8 Å². The standard InChI is InChI=1S/C12H11NO4.C12H13NO2S2.C11H9NO3.2C11H11NO2S2.C10H9NOS2/c1-2-17-7-10(14)13-11(15)8-5-3-4-6-9(8)12(13)16;1-2-15-8-7-11(14)13-9-5-3-4-6-10(9)17-12(13)16;1-2-9(13)12-10(14)7-5-3-4-6-8(7)11(12)15;2*1-2-14-7-10(13)12-8-5-3-4-6-9(8)16-11(12)15;1-2-9(12)11-7-5-3-4-6-8(7)14-10(11)13/h3-6H,2,7H2,1H3;3-6H,2,7-8H2,1H3;3-6H,2H2,1H3;2*3-6H,2,7H2,1H3;3-6H,2H2,1H3. The molecular weight excluding hydrogens is 1370 g/mol. The Morgan fingerprint density at radius 2 is 0.579 bits per heavy atom. The van der Waals surface area contributed by atoms with Crippen LogP contribution in [0, 0.1) is 15.8 Å². The summed E-state index contributed by atoms with van der Waals surface area (Å²) < 4.78 is 33.2. The number of nitrogens with zero attached hydrogens (tertiary/aromatic N) is 6. The average Bonchev–Trinajstić information content (AvgIpc) is 1.67. The fourth-order valence-electron chi connectivity index (χ4n) is 9.13. The number of rotatable bonds is 15. The van der Waals surface area contributed by atoms with Crippen molar-refractivity contribution < 1.29 is 66.9 Å². The second-order valence-corrected chi connectivity index (χ2v) is 26.3. The lowest BCUT2D eigenvalue weighted by atomic mass is 10.1.